The summed E-state index contributed by atoms with van der Waals surface area (Å²) in [7, 11) is 0. The van der Waals surface area contributed by atoms with Crippen LogP contribution in [0.2, 0.25) is 0 Å². The minimum Gasteiger partial charge on any atom is -0.343 e. The molecule has 27 heavy (non-hydrogen) atoms. The van der Waals surface area contributed by atoms with Gasteiger partial charge in [0.2, 0.25) is 5.91 Å². The van der Waals surface area contributed by atoms with Crippen molar-refractivity contribution in [2.45, 2.75) is 6.92 Å². The molecule has 1 aromatic heterocycles. The van der Waals surface area contributed by atoms with Crippen LogP contribution in [0.1, 0.15) is 21.5 Å². The van der Waals surface area contributed by atoms with Crippen molar-refractivity contribution in [3.8, 4) is 18.0 Å². The van der Waals surface area contributed by atoms with Crippen molar-refractivity contribution in [1.82, 2.24) is 25.5 Å². The molecule has 3 aromatic rings. The number of terminal acetylenes is 1. The number of hydrogen-bond acceptors (Lipinski definition) is 5. The normalized spacial score (nSPS) is 10.1. The monoisotopic (exact) mass is 360 g/mol. The first-order chi connectivity index (χ1) is 13.1. The van der Waals surface area contributed by atoms with Crippen molar-refractivity contribution in [3.05, 3.63) is 65.5 Å². The van der Waals surface area contributed by atoms with Gasteiger partial charge < -0.3 is 10.6 Å². The number of nitrogens with zero attached hydrogens (tertiary/aromatic N) is 4. The van der Waals surface area contributed by atoms with Gasteiger partial charge in [0.15, 0.2) is 0 Å². The fourth-order valence-electron chi connectivity index (χ4n) is 2.48. The highest BCUT2D eigenvalue weighted by Gasteiger charge is 2.11. The average Bonchev–Trinajstić information content (AvgIpc) is 3.20. The Labute approximate surface area is 155 Å². The van der Waals surface area contributed by atoms with Crippen LogP contribution in [-0.4, -0.2) is 38.6 Å². The van der Waals surface area contributed by atoms with Gasteiger partial charge in [-0.1, -0.05) is 12.0 Å². The van der Waals surface area contributed by atoms with Gasteiger partial charge >= 0.3 is 0 Å². The number of rotatable bonds is 5. The SMILES string of the molecule is C#Cc1cccc(NC(=O)CNC(=O)c2ccc(-n3cnnn3)c(C)c2)c1. The maximum Gasteiger partial charge on any atom is 0.251 e. The van der Waals surface area contributed by atoms with E-state index in [1.807, 2.05) is 6.92 Å². The van der Waals surface area contributed by atoms with Crippen molar-refractivity contribution in [2.75, 3.05) is 11.9 Å². The van der Waals surface area contributed by atoms with E-state index in [0.717, 1.165) is 11.3 Å². The van der Waals surface area contributed by atoms with Crippen molar-refractivity contribution in [3.63, 3.8) is 0 Å². The smallest absolute Gasteiger partial charge is 0.251 e. The number of tetrazole rings is 1. The van der Waals surface area contributed by atoms with Crippen molar-refractivity contribution >= 4 is 17.5 Å². The van der Waals surface area contributed by atoms with E-state index in [0.29, 0.717) is 16.8 Å². The van der Waals surface area contributed by atoms with Crippen LogP contribution in [0.25, 0.3) is 5.69 Å². The minimum absolute atomic E-state index is 0.160. The predicted molar refractivity (Wildman–Crippen MR) is 99.2 cm³/mol. The summed E-state index contributed by atoms with van der Waals surface area (Å²) < 4.78 is 1.51. The fourth-order valence-corrected chi connectivity index (χ4v) is 2.48. The molecule has 0 aliphatic carbocycles. The molecule has 0 unspecified atom stereocenters. The fraction of sp³-hybridized carbons (Fsp3) is 0.105. The lowest BCUT2D eigenvalue weighted by atomic mass is 10.1. The zero-order valence-electron chi connectivity index (χ0n) is 14.5. The van der Waals surface area contributed by atoms with Gasteiger partial charge in [-0.3, -0.25) is 9.59 Å². The first kappa shape index (κ1) is 17.8. The van der Waals surface area contributed by atoms with Crippen LogP contribution in [0.5, 0.6) is 0 Å². The van der Waals surface area contributed by atoms with E-state index in [1.165, 1.54) is 11.0 Å². The largest absolute Gasteiger partial charge is 0.343 e. The molecule has 8 nitrogen and oxygen atoms in total. The van der Waals surface area contributed by atoms with Gasteiger partial charge in [-0.05, 0) is 59.3 Å². The Balaban J connectivity index is 1.59. The molecule has 0 radical (unpaired) electrons. The molecular weight excluding hydrogens is 344 g/mol. The van der Waals surface area contributed by atoms with Crippen molar-refractivity contribution in [1.29, 1.82) is 0 Å². The minimum atomic E-state index is -0.353. The number of carbonyl (C=O) groups is 2. The molecule has 0 spiro atoms. The quantitative estimate of drug-likeness (QED) is 0.668. The number of hydrogen-bond donors (Lipinski definition) is 2. The predicted octanol–water partition coefficient (Wildman–Crippen LogP) is 1.32. The number of amides is 2. The van der Waals surface area contributed by atoms with Crippen molar-refractivity contribution < 1.29 is 9.59 Å². The molecule has 8 heteroatoms. The zero-order chi connectivity index (χ0) is 19.2. The molecule has 0 aliphatic rings. The van der Waals surface area contributed by atoms with Gasteiger partial charge in [-0.15, -0.1) is 11.5 Å². The van der Waals surface area contributed by atoms with Gasteiger partial charge in [-0.25, -0.2) is 4.68 Å². The molecule has 0 bridgehead atoms. The Hall–Kier alpha value is -3.99. The highest BCUT2D eigenvalue weighted by molar-refractivity contribution is 5.99. The standard InChI is InChI=1S/C19H16N6O2/c1-3-14-5-4-6-16(10-14)22-18(26)11-20-19(27)15-7-8-17(13(2)9-15)25-12-21-23-24-25/h1,4-10,12H,11H2,2H3,(H,20,27)(H,22,26). The summed E-state index contributed by atoms with van der Waals surface area (Å²) in [6.45, 7) is 1.69. The lowest BCUT2D eigenvalue weighted by Gasteiger charge is -2.09. The highest BCUT2D eigenvalue weighted by atomic mass is 16.2. The molecule has 3 rings (SSSR count). The number of aromatic nitrogens is 4. The first-order valence-corrected chi connectivity index (χ1v) is 8.05. The lowest BCUT2D eigenvalue weighted by Crippen LogP contribution is -2.32. The Morgan fingerprint density at radius 1 is 1.22 bits per heavy atom. The third-order valence-electron chi connectivity index (χ3n) is 3.78. The molecule has 0 saturated heterocycles. The summed E-state index contributed by atoms with van der Waals surface area (Å²) in [6, 6.07) is 12.0. The average molecular weight is 360 g/mol. The molecular formula is C19H16N6O2. The van der Waals surface area contributed by atoms with Gasteiger partial charge in [0.25, 0.3) is 5.91 Å². The summed E-state index contributed by atoms with van der Waals surface area (Å²) in [5.74, 6) is 1.80. The molecule has 0 fully saturated rings. The number of anilines is 1. The number of aryl methyl sites for hydroxylation is 1. The maximum absolute atomic E-state index is 12.3. The molecule has 0 atom stereocenters. The molecule has 2 aromatic carbocycles. The lowest BCUT2D eigenvalue weighted by molar-refractivity contribution is -0.115. The van der Waals surface area contributed by atoms with Gasteiger partial charge in [-0.2, -0.15) is 0 Å². The molecule has 0 saturated carbocycles. The molecule has 0 aliphatic heterocycles. The van der Waals surface area contributed by atoms with E-state index in [9.17, 15) is 9.59 Å². The summed E-state index contributed by atoms with van der Waals surface area (Å²) in [6.07, 6.45) is 6.81. The maximum atomic E-state index is 12.3. The topological polar surface area (TPSA) is 102 Å². The molecule has 1 heterocycles. The highest BCUT2D eigenvalue weighted by Crippen LogP contribution is 2.14. The Kier molecular flexibility index (Phi) is 5.23. The van der Waals surface area contributed by atoms with Gasteiger partial charge in [0, 0.05) is 16.8 Å². The summed E-state index contributed by atoms with van der Waals surface area (Å²) in [4.78, 5) is 24.3. The second-order valence-corrected chi connectivity index (χ2v) is 5.71. The van der Waals surface area contributed by atoms with Crippen LogP contribution in [-0.2, 0) is 4.79 Å². The van der Waals surface area contributed by atoms with Crippen LogP contribution in [0.15, 0.2) is 48.8 Å². The summed E-state index contributed by atoms with van der Waals surface area (Å²) in [5, 5.41) is 16.3. The first-order valence-electron chi connectivity index (χ1n) is 8.05. The third-order valence-corrected chi connectivity index (χ3v) is 3.78. The summed E-state index contributed by atoms with van der Waals surface area (Å²) in [5.41, 5.74) is 3.26. The van der Waals surface area contributed by atoms with E-state index >= 15 is 0 Å². The Morgan fingerprint density at radius 3 is 2.78 bits per heavy atom. The second-order valence-electron chi connectivity index (χ2n) is 5.71. The number of nitrogens with one attached hydrogen (secondary N) is 2. The van der Waals surface area contributed by atoms with Crippen LogP contribution < -0.4 is 10.6 Å². The van der Waals surface area contributed by atoms with Crippen molar-refractivity contribution in [2.24, 2.45) is 0 Å². The molecule has 2 N–H and O–H groups in total. The molecule has 2 amide bonds. The number of carbonyl (C=O) groups excluding carboxylic acids is 2. The van der Waals surface area contributed by atoms with Crippen LogP contribution in [0.3, 0.4) is 0 Å². The van der Waals surface area contributed by atoms with E-state index in [2.05, 4.69) is 32.1 Å². The van der Waals surface area contributed by atoms with E-state index in [-0.39, 0.29) is 18.4 Å². The van der Waals surface area contributed by atoms with Crippen LogP contribution in [0.4, 0.5) is 5.69 Å². The van der Waals surface area contributed by atoms with E-state index in [4.69, 9.17) is 6.42 Å². The third kappa shape index (κ3) is 4.35. The Bertz CT molecular complexity index is 1020. The zero-order valence-corrected chi connectivity index (χ0v) is 14.5. The van der Waals surface area contributed by atoms with Gasteiger partial charge in [0.05, 0.1) is 12.2 Å². The van der Waals surface area contributed by atoms with Crippen LogP contribution in [0, 0.1) is 19.3 Å². The van der Waals surface area contributed by atoms with Gasteiger partial charge in [0.1, 0.15) is 6.33 Å². The number of benzene rings is 2. The van der Waals surface area contributed by atoms with E-state index in [1.54, 1.807) is 42.5 Å². The second kappa shape index (κ2) is 7.93. The van der Waals surface area contributed by atoms with Crippen LogP contribution >= 0.6 is 0 Å². The van der Waals surface area contributed by atoms with E-state index < -0.39 is 0 Å². The summed E-state index contributed by atoms with van der Waals surface area (Å²) >= 11 is 0. The Morgan fingerprint density at radius 2 is 2.07 bits per heavy atom. The molecule has 134 valence electrons.